The molecule has 1 saturated carbocycles. The maximum absolute atomic E-state index is 12.5. The zero-order valence-electron chi connectivity index (χ0n) is 20.7. The van der Waals surface area contributed by atoms with Crippen molar-refractivity contribution in [2.24, 2.45) is 5.92 Å². The van der Waals surface area contributed by atoms with Gasteiger partial charge in [0.05, 0.1) is 25.7 Å². The van der Waals surface area contributed by atoms with Gasteiger partial charge in [-0.05, 0) is 40.0 Å². The Labute approximate surface area is 202 Å². The van der Waals surface area contributed by atoms with Gasteiger partial charge in [0.2, 0.25) is 0 Å². The van der Waals surface area contributed by atoms with Crippen LogP contribution in [0.25, 0.3) is 0 Å². The average Bonchev–Trinajstić information content (AvgIpc) is 3.72. The summed E-state index contributed by atoms with van der Waals surface area (Å²) in [5.74, 6) is -0.833. The Morgan fingerprint density at radius 3 is 2.18 bits per heavy atom. The molecule has 0 N–H and O–H groups in total. The summed E-state index contributed by atoms with van der Waals surface area (Å²) in [5, 5.41) is 0. The van der Waals surface area contributed by atoms with Crippen LogP contribution < -0.4 is 0 Å². The Morgan fingerprint density at radius 2 is 1.62 bits per heavy atom. The molecule has 186 valence electrons. The number of carbonyl (C=O) groups excluding carboxylic acids is 2. The van der Waals surface area contributed by atoms with Crippen LogP contribution >= 0.6 is 0 Å². The van der Waals surface area contributed by atoms with E-state index in [9.17, 15) is 9.59 Å². The summed E-state index contributed by atoms with van der Waals surface area (Å²) >= 11 is 0. The summed E-state index contributed by atoms with van der Waals surface area (Å²) in [4.78, 5) is 23.4. The van der Waals surface area contributed by atoms with Crippen LogP contribution in [0.3, 0.4) is 0 Å². The summed E-state index contributed by atoms with van der Waals surface area (Å²) in [6, 6.07) is 0. The van der Waals surface area contributed by atoms with E-state index in [1.165, 1.54) is 24.8 Å². The number of rotatable bonds is 10. The van der Waals surface area contributed by atoms with Crippen molar-refractivity contribution in [3.63, 3.8) is 0 Å². The Bertz CT molecular complexity index is 889. The van der Waals surface area contributed by atoms with Crippen molar-refractivity contribution in [2.45, 2.75) is 69.5 Å². The lowest BCUT2D eigenvalue weighted by Gasteiger charge is -2.42. The van der Waals surface area contributed by atoms with Crippen LogP contribution in [0, 0.1) is 5.92 Å². The maximum atomic E-state index is 12.5. The lowest BCUT2D eigenvalue weighted by molar-refractivity contribution is -0.166. The molecule has 0 aromatic rings. The van der Waals surface area contributed by atoms with Crippen molar-refractivity contribution in [3.05, 3.63) is 60.3 Å². The second kappa shape index (κ2) is 11.3. The molecule has 3 fully saturated rings. The van der Waals surface area contributed by atoms with Gasteiger partial charge in [-0.3, -0.25) is 0 Å². The highest BCUT2D eigenvalue weighted by molar-refractivity contribution is 5.82. The van der Waals surface area contributed by atoms with Gasteiger partial charge in [-0.25, -0.2) is 9.59 Å². The summed E-state index contributed by atoms with van der Waals surface area (Å²) < 4.78 is 28.3. The largest absolute Gasteiger partial charge is 0.466 e. The lowest BCUT2D eigenvalue weighted by atomic mass is 9.68. The van der Waals surface area contributed by atoms with E-state index in [0.717, 1.165) is 12.8 Å². The van der Waals surface area contributed by atoms with Crippen molar-refractivity contribution in [1.29, 1.82) is 0 Å². The first-order chi connectivity index (χ1) is 16.3. The molecule has 2 saturated heterocycles. The van der Waals surface area contributed by atoms with Gasteiger partial charge in [0.15, 0.2) is 0 Å². The third kappa shape index (κ3) is 6.34. The van der Waals surface area contributed by atoms with E-state index >= 15 is 0 Å². The fraction of sp³-hybridized carbons (Fsp3) is 0.556. The van der Waals surface area contributed by atoms with Gasteiger partial charge in [0.1, 0.15) is 23.4 Å². The minimum Gasteiger partial charge on any atom is -0.466 e. The molecular formula is C27H36O7. The van der Waals surface area contributed by atoms with Crippen molar-refractivity contribution in [1.82, 2.24) is 0 Å². The van der Waals surface area contributed by atoms with E-state index in [4.69, 9.17) is 18.9 Å². The maximum Gasteiger partial charge on any atom is 0.331 e. The van der Waals surface area contributed by atoms with E-state index in [2.05, 4.69) is 31.6 Å². The minimum absolute atomic E-state index is 0.000769. The molecule has 3 rings (SSSR count). The molecule has 34 heavy (non-hydrogen) atoms. The predicted molar refractivity (Wildman–Crippen MR) is 128 cm³/mol. The summed E-state index contributed by atoms with van der Waals surface area (Å²) in [6.45, 7) is 6.99. The number of carbonyl (C=O) groups is 2. The molecule has 7 heteroatoms. The molecular weight excluding hydrogens is 436 g/mol. The first-order valence-electron chi connectivity index (χ1n) is 11.7. The molecule has 0 amide bonds. The van der Waals surface area contributed by atoms with Crippen molar-refractivity contribution in [3.8, 4) is 0 Å². The topological polar surface area (TPSA) is 86.9 Å². The molecule has 0 aromatic carbocycles. The first-order valence-corrected chi connectivity index (χ1v) is 11.7. The third-order valence-electron chi connectivity index (χ3n) is 6.73. The molecule has 0 aromatic heterocycles. The highest BCUT2D eigenvalue weighted by atomic mass is 16.6. The number of ether oxygens (including phenoxy) is 5. The summed E-state index contributed by atoms with van der Waals surface area (Å²) in [6.07, 6.45) is 16.8. The molecule has 1 aliphatic carbocycles. The van der Waals surface area contributed by atoms with Crippen molar-refractivity contribution < 1.29 is 33.3 Å². The summed E-state index contributed by atoms with van der Waals surface area (Å²) in [7, 11) is 2.99. The second-order valence-electron chi connectivity index (χ2n) is 9.36. The minimum atomic E-state index is -0.416. The Balaban J connectivity index is 1.57. The van der Waals surface area contributed by atoms with E-state index in [1.54, 1.807) is 43.6 Å². The van der Waals surface area contributed by atoms with Crippen molar-refractivity contribution in [2.75, 3.05) is 20.8 Å². The van der Waals surface area contributed by atoms with Gasteiger partial charge in [0, 0.05) is 19.3 Å². The lowest BCUT2D eigenvalue weighted by Crippen LogP contribution is -2.55. The Kier molecular flexibility index (Phi) is 8.68. The predicted octanol–water partition coefficient (Wildman–Crippen LogP) is 4.00. The van der Waals surface area contributed by atoms with E-state index in [0.29, 0.717) is 13.0 Å². The number of methoxy groups -OCH3 is 2. The quantitative estimate of drug-likeness (QED) is 0.156. The smallest absolute Gasteiger partial charge is 0.331 e. The highest BCUT2D eigenvalue weighted by Crippen LogP contribution is 2.59. The van der Waals surface area contributed by atoms with E-state index < -0.39 is 11.9 Å². The number of hydrogen-bond acceptors (Lipinski definition) is 7. The first kappa shape index (κ1) is 26.1. The monoisotopic (exact) mass is 472 g/mol. The number of hydrogen-bond donors (Lipinski definition) is 0. The zero-order valence-corrected chi connectivity index (χ0v) is 20.7. The van der Waals surface area contributed by atoms with Crippen LogP contribution in [0.15, 0.2) is 60.3 Å². The standard InChI is InChI=1S/C27H36O7/c1-19(2)14-15-21-26(3,34-21)25-24(31-5)20(16-17-27(25)18-32-27)33-23(29)13-11-9-7-6-8-10-12-22(28)30-4/h6-14,20-21,24-25H,15-18H2,1-5H3/b8-6+,9-7+,12-10+,13-11+/t20-,21-,24-,25-,26?,27+/m1/s1. The molecule has 1 spiro atoms. The van der Waals surface area contributed by atoms with Crippen molar-refractivity contribution >= 4 is 11.9 Å². The average molecular weight is 473 g/mol. The number of epoxide rings is 2. The van der Waals surface area contributed by atoms with Gasteiger partial charge in [0.25, 0.3) is 0 Å². The third-order valence-corrected chi connectivity index (χ3v) is 6.73. The molecule has 6 atom stereocenters. The van der Waals surface area contributed by atoms with Gasteiger partial charge in [-0.1, -0.05) is 48.1 Å². The molecule has 0 bridgehead atoms. The zero-order chi connectivity index (χ0) is 24.8. The van der Waals surface area contributed by atoms with Crippen LogP contribution in [0.4, 0.5) is 0 Å². The van der Waals surface area contributed by atoms with Crippen LogP contribution in [-0.2, 0) is 33.3 Å². The Morgan fingerprint density at radius 1 is 1.00 bits per heavy atom. The molecule has 3 aliphatic rings. The normalized spacial score (nSPS) is 34.9. The number of allylic oxidation sites excluding steroid dienone is 7. The van der Waals surface area contributed by atoms with E-state index in [1.807, 2.05) is 0 Å². The fourth-order valence-corrected chi connectivity index (χ4v) is 4.85. The van der Waals surface area contributed by atoms with E-state index in [-0.39, 0.29) is 35.4 Å². The van der Waals surface area contributed by atoms with Crippen LogP contribution in [0.5, 0.6) is 0 Å². The molecule has 7 nitrogen and oxygen atoms in total. The second-order valence-corrected chi connectivity index (χ2v) is 9.36. The van der Waals surface area contributed by atoms with Crippen LogP contribution in [0.2, 0.25) is 0 Å². The Hall–Kier alpha value is -2.48. The highest BCUT2D eigenvalue weighted by Gasteiger charge is 2.72. The van der Waals surface area contributed by atoms with Gasteiger partial charge in [-0.2, -0.15) is 0 Å². The van der Waals surface area contributed by atoms with Gasteiger partial charge >= 0.3 is 11.9 Å². The number of esters is 2. The molecule has 2 heterocycles. The molecule has 0 radical (unpaired) electrons. The van der Waals surface area contributed by atoms with Crippen LogP contribution in [-0.4, -0.2) is 62.3 Å². The SMILES string of the molecule is COC(=O)/C=C/C=C/C=C/C=C/C(=O)O[C@@H]1CC[C@]2(CO2)[C@@H](C2(C)O[C@@H]2CC=C(C)C)[C@@H]1OC. The van der Waals surface area contributed by atoms with Crippen LogP contribution in [0.1, 0.15) is 40.0 Å². The molecule has 1 unspecified atom stereocenters. The van der Waals surface area contributed by atoms with Gasteiger partial charge in [-0.15, -0.1) is 0 Å². The molecule has 2 aliphatic heterocycles. The fourth-order valence-electron chi connectivity index (χ4n) is 4.85. The summed E-state index contributed by atoms with van der Waals surface area (Å²) in [5.41, 5.74) is 0.662. The van der Waals surface area contributed by atoms with Gasteiger partial charge < -0.3 is 23.7 Å².